The van der Waals surface area contributed by atoms with Gasteiger partial charge >= 0.3 is 0 Å². The zero-order chi connectivity index (χ0) is 70.1. The summed E-state index contributed by atoms with van der Waals surface area (Å²) < 4.78 is 23.0. The molecular weight excluding hydrogens is 1220 g/mol. The zero-order valence-electron chi connectivity index (χ0n) is 63.6. The lowest BCUT2D eigenvalue weighted by atomic mass is 9.97. The molecule has 2 heterocycles. The van der Waals surface area contributed by atoms with Crippen molar-refractivity contribution in [1.82, 2.24) is 5.32 Å². The molecule has 578 valence electrons. The van der Waals surface area contributed by atoms with Gasteiger partial charge < -0.3 is 65.1 Å². The van der Waals surface area contributed by atoms with Gasteiger partial charge in [-0.25, -0.2) is 0 Å². The standard InChI is InChI=1S/C83H163NO13/c1-3-5-7-9-11-13-15-17-19-21-23-25-27-29-31-33-34-35-36-37-38-39-41-43-45-47-49-51-53-55-57-59-61-63-65-67-75(88)84-71(70-94-82-80(93)78(91)81(74(69-86)96-82)97-83-79(92)77(90)76(89)73(68-85)95-83)72(87)66-64-62-60-58-56-54-52-50-48-46-44-42-40-32-30-28-26-24-22-20-18-16-14-12-10-8-6-4-2/h71-74,76-83,85-87,89-93H,3-70H2,1-2H3,(H,84,88). The van der Waals surface area contributed by atoms with E-state index in [9.17, 15) is 45.6 Å². The number of carbonyl (C=O) groups is 1. The first-order chi connectivity index (χ1) is 47.6. The topological polar surface area (TPSA) is 228 Å². The highest BCUT2D eigenvalue weighted by atomic mass is 16.7. The minimum atomic E-state index is -1.78. The number of unbranched alkanes of at least 4 members (excludes halogenated alkanes) is 61. The summed E-state index contributed by atoms with van der Waals surface area (Å²) in [5.41, 5.74) is 0. The van der Waals surface area contributed by atoms with E-state index in [-0.39, 0.29) is 12.5 Å². The van der Waals surface area contributed by atoms with E-state index in [0.717, 1.165) is 51.4 Å². The molecule has 0 aliphatic carbocycles. The molecule has 2 aliphatic rings. The zero-order valence-corrected chi connectivity index (χ0v) is 63.6. The molecule has 14 heteroatoms. The van der Waals surface area contributed by atoms with Crippen molar-refractivity contribution in [2.45, 2.75) is 505 Å². The van der Waals surface area contributed by atoms with Crippen LogP contribution in [0.3, 0.4) is 0 Å². The quantitative estimate of drug-likeness (QED) is 0.0259. The average molecular weight is 1380 g/mol. The number of carbonyl (C=O) groups excluding carboxylic acids is 1. The predicted octanol–water partition coefficient (Wildman–Crippen LogP) is 19.9. The normalized spacial score (nSPS) is 22.0. The van der Waals surface area contributed by atoms with Crippen LogP contribution in [0, 0.1) is 0 Å². The number of hydrogen-bond acceptors (Lipinski definition) is 13. The number of ether oxygens (including phenoxy) is 4. The first-order valence-electron chi connectivity index (χ1n) is 42.8. The van der Waals surface area contributed by atoms with Crippen LogP contribution in [0.25, 0.3) is 0 Å². The minimum Gasteiger partial charge on any atom is -0.394 e. The van der Waals surface area contributed by atoms with Gasteiger partial charge in [0.1, 0.15) is 48.8 Å². The summed E-state index contributed by atoms with van der Waals surface area (Å²) in [6, 6.07) is -0.826. The highest BCUT2D eigenvalue weighted by Crippen LogP contribution is 2.31. The number of aliphatic hydroxyl groups excluding tert-OH is 8. The first kappa shape index (κ1) is 92.1. The maximum atomic E-state index is 13.4. The Labute approximate surface area is 597 Å². The third-order valence-electron chi connectivity index (χ3n) is 21.6. The van der Waals surface area contributed by atoms with Gasteiger partial charge in [0.15, 0.2) is 12.6 Å². The maximum absolute atomic E-state index is 13.4. The summed E-state index contributed by atoms with van der Waals surface area (Å²) in [5, 5.41) is 88.0. The molecule has 2 fully saturated rings. The molecule has 14 nitrogen and oxygen atoms in total. The Balaban J connectivity index is 1.57. The second kappa shape index (κ2) is 68.1. The molecule has 2 aliphatic heterocycles. The molecule has 2 saturated heterocycles. The molecule has 0 saturated carbocycles. The van der Waals surface area contributed by atoms with E-state index >= 15 is 0 Å². The van der Waals surface area contributed by atoms with Crippen molar-refractivity contribution < 1.29 is 64.6 Å². The van der Waals surface area contributed by atoms with Gasteiger partial charge in [-0.2, -0.15) is 0 Å². The van der Waals surface area contributed by atoms with Crippen LogP contribution >= 0.6 is 0 Å². The van der Waals surface area contributed by atoms with Crippen LogP contribution in [0.2, 0.25) is 0 Å². The van der Waals surface area contributed by atoms with E-state index < -0.39 is 86.8 Å². The van der Waals surface area contributed by atoms with Crippen molar-refractivity contribution in [3.05, 3.63) is 0 Å². The molecule has 0 radical (unpaired) electrons. The molecule has 0 aromatic rings. The fourth-order valence-electron chi connectivity index (χ4n) is 14.8. The van der Waals surface area contributed by atoms with Crippen LogP contribution in [0.15, 0.2) is 0 Å². The lowest BCUT2D eigenvalue weighted by molar-refractivity contribution is -0.359. The highest BCUT2D eigenvalue weighted by molar-refractivity contribution is 5.76. The molecule has 97 heavy (non-hydrogen) atoms. The van der Waals surface area contributed by atoms with Crippen molar-refractivity contribution in [1.29, 1.82) is 0 Å². The second-order valence-corrected chi connectivity index (χ2v) is 30.7. The van der Waals surface area contributed by atoms with Gasteiger partial charge in [-0.3, -0.25) is 4.79 Å². The molecular formula is C83H163NO13. The number of aliphatic hydroxyl groups is 8. The maximum Gasteiger partial charge on any atom is 0.220 e. The van der Waals surface area contributed by atoms with Crippen molar-refractivity contribution in [2.75, 3.05) is 19.8 Å². The molecule has 9 N–H and O–H groups in total. The number of nitrogens with one attached hydrogen (secondary N) is 1. The van der Waals surface area contributed by atoms with Gasteiger partial charge in [0.2, 0.25) is 5.91 Å². The van der Waals surface area contributed by atoms with Crippen molar-refractivity contribution in [2.24, 2.45) is 0 Å². The minimum absolute atomic E-state index is 0.194. The van der Waals surface area contributed by atoms with Gasteiger partial charge in [0.05, 0.1) is 32.0 Å². The summed E-state index contributed by atoms with van der Waals surface area (Å²) in [5.74, 6) is -0.194. The van der Waals surface area contributed by atoms with Crippen LogP contribution in [-0.4, -0.2) is 140 Å². The predicted molar refractivity (Wildman–Crippen MR) is 402 cm³/mol. The first-order valence-corrected chi connectivity index (χ1v) is 42.8. The largest absolute Gasteiger partial charge is 0.394 e. The van der Waals surface area contributed by atoms with E-state index in [2.05, 4.69) is 19.2 Å². The smallest absolute Gasteiger partial charge is 0.220 e. The molecule has 2 rings (SSSR count). The monoisotopic (exact) mass is 1380 g/mol. The third-order valence-corrected chi connectivity index (χ3v) is 21.6. The summed E-state index contributed by atoms with van der Waals surface area (Å²) >= 11 is 0. The van der Waals surface area contributed by atoms with E-state index in [4.69, 9.17) is 18.9 Å². The molecule has 0 aromatic carbocycles. The lowest BCUT2D eigenvalue weighted by Crippen LogP contribution is -2.65. The van der Waals surface area contributed by atoms with Crippen molar-refractivity contribution >= 4 is 5.91 Å². The Morgan fingerprint density at radius 1 is 0.330 bits per heavy atom. The molecule has 1 amide bonds. The summed E-state index contributed by atoms with van der Waals surface area (Å²) in [4.78, 5) is 13.4. The van der Waals surface area contributed by atoms with E-state index in [1.165, 1.54) is 353 Å². The second-order valence-electron chi connectivity index (χ2n) is 30.7. The van der Waals surface area contributed by atoms with Crippen LogP contribution in [0.1, 0.15) is 431 Å². The number of rotatable bonds is 74. The Kier molecular flexibility index (Phi) is 64.7. The van der Waals surface area contributed by atoms with Crippen LogP contribution in [0.4, 0.5) is 0 Å². The number of amides is 1. The Morgan fingerprint density at radius 3 is 0.876 bits per heavy atom. The molecule has 0 spiro atoms. The van der Waals surface area contributed by atoms with Crippen LogP contribution < -0.4 is 5.32 Å². The van der Waals surface area contributed by atoms with E-state index in [1.807, 2.05) is 0 Å². The molecule has 12 atom stereocenters. The fraction of sp³-hybridized carbons (Fsp3) is 0.988. The molecule has 0 bridgehead atoms. The summed E-state index contributed by atoms with van der Waals surface area (Å²) in [6.07, 6.45) is 68.8. The Hall–Kier alpha value is -1.01. The van der Waals surface area contributed by atoms with E-state index in [1.54, 1.807) is 0 Å². The SMILES string of the molecule is CCCCCCCCCCCCCCCCCCCCCCCCCCCCCCCCCCCCCC(=O)NC(COC1OC(CO)C(OC2OC(CO)C(O)C(O)C2O)C(O)C1O)C(O)CCCCCCCCCCCCCCCCCCCCCCCCCCCCCC. The fourth-order valence-corrected chi connectivity index (χ4v) is 14.8. The van der Waals surface area contributed by atoms with Crippen LogP contribution in [0.5, 0.6) is 0 Å². The van der Waals surface area contributed by atoms with Gasteiger partial charge in [-0.15, -0.1) is 0 Å². The number of hydrogen-bond donors (Lipinski definition) is 9. The van der Waals surface area contributed by atoms with Crippen molar-refractivity contribution in [3.63, 3.8) is 0 Å². The Morgan fingerprint density at radius 2 is 0.588 bits per heavy atom. The lowest BCUT2D eigenvalue weighted by Gasteiger charge is -2.46. The van der Waals surface area contributed by atoms with Crippen molar-refractivity contribution in [3.8, 4) is 0 Å². The molecule has 12 unspecified atom stereocenters. The van der Waals surface area contributed by atoms with Gasteiger partial charge in [0, 0.05) is 6.42 Å². The van der Waals surface area contributed by atoms with Crippen LogP contribution in [-0.2, 0) is 23.7 Å². The van der Waals surface area contributed by atoms with Gasteiger partial charge in [0.25, 0.3) is 0 Å². The average Bonchev–Trinajstić information content (AvgIpc) is 0.793. The Bertz CT molecular complexity index is 1630. The van der Waals surface area contributed by atoms with E-state index in [0.29, 0.717) is 12.8 Å². The van der Waals surface area contributed by atoms with Gasteiger partial charge in [-0.1, -0.05) is 412 Å². The van der Waals surface area contributed by atoms with Gasteiger partial charge in [-0.05, 0) is 12.8 Å². The summed E-state index contributed by atoms with van der Waals surface area (Å²) in [6.45, 7) is 2.95. The highest BCUT2D eigenvalue weighted by Gasteiger charge is 2.51. The third kappa shape index (κ3) is 50.9. The molecule has 0 aromatic heterocycles. The summed E-state index contributed by atoms with van der Waals surface area (Å²) in [7, 11) is 0.